The molecule has 5 nitrogen and oxygen atoms in total. The molecule has 1 aliphatic rings. The summed E-state index contributed by atoms with van der Waals surface area (Å²) in [5.74, 6) is 0.342. The smallest absolute Gasteiger partial charge is 0.267 e. The van der Waals surface area contributed by atoms with E-state index in [1.807, 2.05) is 45.0 Å². The monoisotopic (exact) mass is 427 g/mol. The van der Waals surface area contributed by atoms with E-state index >= 15 is 0 Å². The van der Waals surface area contributed by atoms with Crippen molar-refractivity contribution in [3.8, 4) is 5.69 Å². The van der Waals surface area contributed by atoms with E-state index in [4.69, 9.17) is 4.98 Å². The molecule has 29 heavy (non-hydrogen) atoms. The molecule has 0 saturated carbocycles. The normalized spacial score (nSPS) is 13.1. The molecule has 2 aromatic heterocycles. The number of carbonyl (C=O) groups is 1. The Bertz CT molecular complexity index is 1110. The van der Waals surface area contributed by atoms with Crippen LogP contribution in [0.2, 0.25) is 0 Å². The van der Waals surface area contributed by atoms with E-state index in [9.17, 15) is 9.59 Å². The molecule has 0 aliphatic heterocycles. The number of hydrogen-bond acceptors (Lipinski definition) is 5. The van der Waals surface area contributed by atoms with Gasteiger partial charge in [0, 0.05) is 18.0 Å². The molecule has 0 atom stereocenters. The number of carbonyl (C=O) groups excluding carboxylic acids is 1. The number of thioether (sulfide) groups is 1. The molecule has 4 rings (SSSR count). The standard InChI is InChI=1S/C22H25N3O2S2/c1-4-24(5-2)18(26)13-28-22-23-20-19(16-7-6-8-17(16)29-20)21(27)25(22)15-11-9-14(3)10-12-15/h9-12H,4-8,13H2,1-3H3. The molecule has 1 aliphatic carbocycles. The Kier molecular flexibility index (Phi) is 5.79. The van der Waals surface area contributed by atoms with Gasteiger partial charge in [0.2, 0.25) is 5.91 Å². The Morgan fingerprint density at radius 1 is 1.21 bits per heavy atom. The Balaban J connectivity index is 1.81. The molecular weight excluding hydrogens is 402 g/mol. The summed E-state index contributed by atoms with van der Waals surface area (Å²) in [7, 11) is 0. The SMILES string of the molecule is CCN(CC)C(=O)CSc1nc2sc3c(c2c(=O)n1-c1ccc(C)cc1)CCC3. The largest absolute Gasteiger partial charge is 0.343 e. The molecule has 1 amide bonds. The van der Waals surface area contributed by atoms with Crippen LogP contribution >= 0.6 is 23.1 Å². The van der Waals surface area contributed by atoms with E-state index in [-0.39, 0.29) is 17.2 Å². The number of benzene rings is 1. The number of nitrogens with zero attached hydrogens (tertiary/aromatic N) is 3. The minimum Gasteiger partial charge on any atom is -0.343 e. The van der Waals surface area contributed by atoms with Crippen molar-refractivity contribution >= 4 is 39.2 Å². The molecular formula is C22H25N3O2S2. The van der Waals surface area contributed by atoms with Crippen molar-refractivity contribution < 1.29 is 4.79 Å². The average molecular weight is 428 g/mol. The summed E-state index contributed by atoms with van der Waals surface area (Å²) in [6.07, 6.45) is 3.09. The van der Waals surface area contributed by atoms with Crippen molar-refractivity contribution in [2.24, 2.45) is 0 Å². The zero-order valence-electron chi connectivity index (χ0n) is 17.0. The molecule has 7 heteroatoms. The van der Waals surface area contributed by atoms with Gasteiger partial charge in [-0.05, 0) is 57.7 Å². The summed E-state index contributed by atoms with van der Waals surface area (Å²) in [6, 6.07) is 7.90. The zero-order valence-corrected chi connectivity index (χ0v) is 18.7. The van der Waals surface area contributed by atoms with Crippen molar-refractivity contribution in [1.29, 1.82) is 0 Å². The number of rotatable bonds is 6. The minimum absolute atomic E-state index is 0.0176. The quantitative estimate of drug-likeness (QED) is 0.437. The van der Waals surface area contributed by atoms with Gasteiger partial charge in [-0.3, -0.25) is 14.2 Å². The fraction of sp³-hybridized carbons (Fsp3) is 0.409. The number of aryl methyl sites for hydroxylation is 3. The van der Waals surface area contributed by atoms with Gasteiger partial charge in [0.1, 0.15) is 4.83 Å². The summed E-state index contributed by atoms with van der Waals surface area (Å²) >= 11 is 2.99. The van der Waals surface area contributed by atoms with Crippen LogP contribution in [0, 0.1) is 6.92 Å². The highest BCUT2D eigenvalue weighted by molar-refractivity contribution is 7.99. The van der Waals surface area contributed by atoms with Crippen LogP contribution in [0.1, 0.15) is 36.3 Å². The summed E-state index contributed by atoms with van der Waals surface area (Å²) in [5.41, 5.74) is 3.10. The third-order valence-corrected chi connectivity index (χ3v) is 7.55. The van der Waals surface area contributed by atoms with Crippen LogP contribution in [0.25, 0.3) is 15.9 Å². The molecule has 2 heterocycles. The van der Waals surface area contributed by atoms with Gasteiger partial charge in [0.15, 0.2) is 5.16 Å². The van der Waals surface area contributed by atoms with Gasteiger partial charge < -0.3 is 4.90 Å². The molecule has 0 unspecified atom stereocenters. The first-order valence-electron chi connectivity index (χ1n) is 10.1. The van der Waals surface area contributed by atoms with E-state index < -0.39 is 0 Å². The van der Waals surface area contributed by atoms with E-state index in [1.165, 1.54) is 22.2 Å². The van der Waals surface area contributed by atoms with E-state index in [0.717, 1.165) is 40.7 Å². The summed E-state index contributed by atoms with van der Waals surface area (Å²) in [4.78, 5) is 34.9. The van der Waals surface area contributed by atoms with Crippen LogP contribution in [0.4, 0.5) is 0 Å². The van der Waals surface area contributed by atoms with Gasteiger partial charge in [0.05, 0.1) is 16.8 Å². The number of amides is 1. The second kappa shape index (κ2) is 8.32. The number of fused-ring (bicyclic) bond motifs is 3. The maximum absolute atomic E-state index is 13.6. The highest BCUT2D eigenvalue weighted by atomic mass is 32.2. The van der Waals surface area contributed by atoms with Crippen LogP contribution in [-0.4, -0.2) is 39.2 Å². The molecule has 0 bridgehead atoms. The molecule has 0 saturated heterocycles. The molecule has 0 N–H and O–H groups in total. The fourth-order valence-electron chi connectivity index (χ4n) is 3.84. The maximum Gasteiger partial charge on any atom is 0.267 e. The molecule has 152 valence electrons. The van der Waals surface area contributed by atoms with Gasteiger partial charge in [-0.25, -0.2) is 4.98 Å². The highest BCUT2D eigenvalue weighted by Gasteiger charge is 2.24. The topological polar surface area (TPSA) is 55.2 Å². The predicted octanol–water partition coefficient (Wildman–Crippen LogP) is 4.20. The van der Waals surface area contributed by atoms with Gasteiger partial charge in [-0.15, -0.1) is 11.3 Å². The average Bonchev–Trinajstić information content (AvgIpc) is 3.29. The van der Waals surface area contributed by atoms with Gasteiger partial charge in [-0.2, -0.15) is 0 Å². The lowest BCUT2D eigenvalue weighted by Crippen LogP contribution is -2.32. The van der Waals surface area contributed by atoms with Crippen molar-refractivity contribution in [1.82, 2.24) is 14.5 Å². The molecule has 0 spiro atoms. The Morgan fingerprint density at radius 2 is 1.93 bits per heavy atom. The Morgan fingerprint density at radius 3 is 2.62 bits per heavy atom. The van der Waals surface area contributed by atoms with Crippen molar-refractivity contribution in [2.75, 3.05) is 18.8 Å². The molecule has 1 aromatic carbocycles. The van der Waals surface area contributed by atoms with Crippen LogP contribution in [0.5, 0.6) is 0 Å². The van der Waals surface area contributed by atoms with Crippen LogP contribution in [-0.2, 0) is 17.6 Å². The Labute approximate surface area is 178 Å². The Hall–Kier alpha value is -2.12. The van der Waals surface area contributed by atoms with E-state index in [1.54, 1.807) is 20.8 Å². The summed E-state index contributed by atoms with van der Waals surface area (Å²) < 4.78 is 1.69. The van der Waals surface area contributed by atoms with Crippen LogP contribution in [0.15, 0.2) is 34.2 Å². The molecule has 3 aromatic rings. The number of hydrogen-bond donors (Lipinski definition) is 0. The van der Waals surface area contributed by atoms with Gasteiger partial charge >= 0.3 is 0 Å². The molecule has 0 fully saturated rings. The second-order valence-electron chi connectivity index (χ2n) is 7.26. The van der Waals surface area contributed by atoms with Crippen LogP contribution in [0.3, 0.4) is 0 Å². The predicted molar refractivity (Wildman–Crippen MR) is 121 cm³/mol. The lowest BCUT2D eigenvalue weighted by molar-refractivity contribution is -0.127. The number of thiophene rings is 1. The lowest BCUT2D eigenvalue weighted by atomic mass is 10.2. The first kappa shape index (κ1) is 20.2. The maximum atomic E-state index is 13.6. The second-order valence-corrected chi connectivity index (χ2v) is 9.29. The lowest BCUT2D eigenvalue weighted by Gasteiger charge is -2.19. The minimum atomic E-state index is -0.0176. The fourth-order valence-corrected chi connectivity index (χ4v) is 6.05. The number of aromatic nitrogens is 2. The van der Waals surface area contributed by atoms with Gasteiger partial charge in [-0.1, -0.05) is 29.5 Å². The third-order valence-electron chi connectivity index (χ3n) is 5.44. The van der Waals surface area contributed by atoms with Crippen molar-refractivity contribution in [2.45, 2.75) is 45.2 Å². The first-order valence-corrected chi connectivity index (χ1v) is 11.9. The first-order chi connectivity index (χ1) is 14.0. The summed E-state index contributed by atoms with van der Waals surface area (Å²) in [5, 5.41) is 1.36. The third kappa shape index (κ3) is 3.73. The summed E-state index contributed by atoms with van der Waals surface area (Å²) in [6.45, 7) is 7.35. The van der Waals surface area contributed by atoms with Gasteiger partial charge in [0.25, 0.3) is 5.56 Å². The van der Waals surface area contributed by atoms with Crippen molar-refractivity contribution in [3.63, 3.8) is 0 Å². The highest BCUT2D eigenvalue weighted by Crippen LogP contribution is 2.36. The van der Waals surface area contributed by atoms with E-state index in [0.29, 0.717) is 18.2 Å². The van der Waals surface area contributed by atoms with Crippen LogP contribution < -0.4 is 5.56 Å². The molecule has 0 radical (unpaired) electrons. The zero-order chi connectivity index (χ0) is 20.5. The van der Waals surface area contributed by atoms with E-state index in [2.05, 4.69) is 0 Å². The van der Waals surface area contributed by atoms with Crippen molar-refractivity contribution in [3.05, 3.63) is 50.6 Å².